The highest BCUT2D eigenvalue weighted by atomic mass is 79.9. The summed E-state index contributed by atoms with van der Waals surface area (Å²) in [4.78, 5) is 11.7. The Morgan fingerprint density at radius 2 is 1.79 bits per heavy atom. The van der Waals surface area contributed by atoms with Gasteiger partial charge in [-0.2, -0.15) is 0 Å². The van der Waals surface area contributed by atoms with Crippen LogP contribution in [0.2, 0.25) is 0 Å². The fraction of sp³-hybridized carbons (Fsp3) is 0.308. The van der Waals surface area contributed by atoms with Gasteiger partial charge in [0.25, 0.3) is 5.56 Å². The topological polar surface area (TPSA) is 73.4 Å². The van der Waals surface area contributed by atoms with Crippen LogP contribution in [-0.2, 0) is 5.41 Å². The first-order chi connectivity index (χ1) is 8.89. The fourth-order valence-corrected chi connectivity index (χ4v) is 1.99. The molecule has 0 aliphatic rings. The van der Waals surface area contributed by atoms with Crippen molar-refractivity contribution in [1.29, 1.82) is 0 Å². The summed E-state index contributed by atoms with van der Waals surface area (Å²) < 4.78 is 0.836. The predicted octanol–water partition coefficient (Wildman–Crippen LogP) is 4.18. The lowest BCUT2D eigenvalue weighted by atomic mass is 9.91. The lowest BCUT2D eigenvalue weighted by Crippen LogP contribution is -2.12. The highest BCUT2D eigenvalue weighted by Gasteiger charge is 2.22. The first kappa shape index (κ1) is 13.7. The van der Waals surface area contributed by atoms with Gasteiger partial charge in [-0.05, 0) is 28.1 Å². The lowest BCUT2D eigenvalue weighted by molar-refractivity contribution is 0.567. The van der Waals surface area contributed by atoms with Crippen LogP contribution in [-0.4, -0.2) is 10.2 Å². The van der Waals surface area contributed by atoms with Crippen molar-refractivity contribution < 1.29 is 0 Å². The van der Waals surface area contributed by atoms with E-state index in [0.717, 1.165) is 10.2 Å². The zero-order chi connectivity index (χ0) is 14.0. The van der Waals surface area contributed by atoms with Gasteiger partial charge in [0.2, 0.25) is 0 Å². The summed E-state index contributed by atoms with van der Waals surface area (Å²) in [6.45, 7) is 6.01. The Kier molecular flexibility index (Phi) is 3.71. The molecule has 2 aromatic rings. The van der Waals surface area contributed by atoms with Crippen LogP contribution in [0.1, 0.15) is 26.5 Å². The summed E-state index contributed by atoms with van der Waals surface area (Å²) in [5.74, 6) is 0. The number of nitrogens with zero attached hydrogens (tertiary/aromatic N) is 2. The highest BCUT2D eigenvalue weighted by Crippen LogP contribution is 2.30. The van der Waals surface area contributed by atoms with E-state index in [2.05, 4.69) is 36.4 Å². The molecular weight excluding hydrogens is 308 g/mol. The van der Waals surface area contributed by atoms with E-state index in [9.17, 15) is 4.79 Å². The van der Waals surface area contributed by atoms with Crippen LogP contribution in [0.3, 0.4) is 0 Å². The summed E-state index contributed by atoms with van der Waals surface area (Å²) in [6, 6.07) is 7.46. The molecule has 1 aromatic carbocycles. The van der Waals surface area contributed by atoms with Crippen LogP contribution < -0.4 is 5.56 Å². The Labute approximate surface area is 119 Å². The second-order valence-corrected chi connectivity index (χ2v) is 6.06. The van der Waals surface area contributed by atoms with E-state index in [1.54, 1.807) is 0 Å². The quantitative estimate of drug-likeness (QED) is 0.800. The van der Waals surface area contributed by atoms with Gasteiger partial charge >= 0.3 is 0 Å². The minimum absolute atomic E-state index is 0.207. The minimum atomic E-state index is -0.263. The summed E-state index contributed by atoms with van der Waals surface area (Å²) in [7, 11) is 0. The summed E-state index contributed by atoms with van der Waals surface area (Å²) >= 11 is 3.39. The Morgan fingerprint density at radius 3 is 2.42 bits per heavy atom. The van der Waals surface area contributed by atoms with Gasteiger partial charge in [-0.1, -0.05) is 32.9 Å². The van der Waals surface area contributed by atoms with Crippen molar-refractivity contribution in [3.05, 3.63) is 44.8 Å². The molecule has 1 aromatic heterocycles. The number of azo groups is 1. The largest absolute Gasteiger partial charge is 0.299 e. The molecule has 0 fully saturated rings. The molecule has 0 aliphatic heterocycles. The SMILES string of the molecule is CC(C)(C)c1[nH][nH]c(=O)c1N=Nc1ccccc1Br. The standard InChI is InChI=1S/C13H15BrN4O/c1-13(2,3)11-10(12(19)18-17-11)16-15-9-7-5-4-6-8(9)14/h4-7H,1-3H3,(H2,17,18,19). The van der Waals surface area contributed by atoms with Gasteiger partial charge in [-0.25, -0.2) is 0 Å². The third-order valence-corrected chi connectivity index (χ3v) is 3.28. The summed E-state index contributed by atoms with van der Waals surface area (Å²) in [5.41, 5.74) is 1.28. The molecule has 0 aliphatic carbocycles. The molecule has 19 heavy (non-hydrogen) atoms. The van der Waals surface area contributed by atoms with Gasteiger partial charge in [0.05, 0.1) is 11.4 Å². The number of rotatable bonds is 2. The number of hydrogen-bond acceptors (Lipinski definition) is 3. The Morgan fingerprint density at radius 1 is 1.11 bits per heavy atom. The molecule has 2 N–H and O–H groups in total. The van der Waals surface area contributed by atoms with Crippen molar-refractivity contribution in [2.45, 2.75) is 26.2 Å². The van der Waals surface area contributed by atoms with Crippen LogP contribution in [0.5, 0.6) is 0 Å². The van der Waals surface area contributed by atoms with Crippen LogP contribution in [0.15, 0.2) is 43.8 Å². The third-order valence-electron chi connectivity index (χ3n) is 2.61. The summed E-state index contributed by atoms with van der Waals surface area (Å²) in [6.07, 6.45) is 0. The molecule has 0 saturated carbocycles. The monoisotopic (exact) mass is 322 g/mol. The first-order valence-electron chi connectivity index (χ1n) is 5.87. The van der Waals surface area contributed by atoms with E-state index < -0.39 is 0 Å². The second kappa shape index (κ2) is 5.13. The molecule has 0 saturated heterocycles. The molecule has 6 heteroatoms. The molecule has 0 amide bonds. The third kappa shape index (κ3) is 3.01. The van der Waals surface area contributed by atoms with Crippen LogP contribution in [0.4, 0.5) is 11.4 Å². The van der Waals surface area contributed by atoms with Gasteiger partial charge in [0, 0.05) is 9.89 Å². The number of H-pyrrole nitrogens is 2. The fourth-order valence-electron chi connectivity index (χ4n) is 1.63. The number of aromatic amines is 2. The van der Waals surface area contributed by atoms with E-state index in [1.165, 1.54) is 0 Å². The molecule has 2 rings (SSSR count). The molecule has 0 atom stereocenters. The van der Waals surface area contributed by atoms with E-state index >= 15 is 0 Å². The van der Waals surface area contributed by atoms with Crippen molar-refractivity contribution in [3.63, 3.8) is 0 Å². The van der Waals surface area contributed by atoms with Gasteiger partial charge in [0.1, 0.15) is 0 Å². The number of halogens is 1. The first-order valence-corrected chi connectivity index (χ1v) is 6.66. The van der Waals surface area contributed by atoms with Crippen molar-refractivity contribution >= 4 is 27.3 Å². The Bertz CT molecular complexity index is 664. The Hall–Kier alpha value is -1.69. The van der Waals surface area contributed by atoms with Crippen LogP contribution >= 0.6 is 15.9 Å². The average molecular weight is 323 g/mol. The number of hydrogen-bond donors (Lipinski definition) is 2. The molecule has 0 radical (unpaired) electrons. The molecule has 100 valence electrons. The van der Waals surface area contributed by atoms with Crippen LogP contribution in [0, 0.1) is 0 Å². The molecule has 0 bridgehead atoms. The molecule has 0 spiro atoms. The van der Waals surface area contributed by atoms with Crippen molar-refractivity contribution in [1.82, 2.24) is 10.2 Å². The van der Waals surface area contributed by atoms with E-state index in [0.29, 0.717) is 11.4 Å². The predicted molar refractivity (Wildman–Crippen MR) is 78.4 cm³/mol. The smallest absolute Gasteiger partial charge is 0.292 e. The van der Waals surface area contributed by atoms with Crippen LogP contribution in [0.25, 0.3) is 0 Å². The van der Waals surface area contributed by atoms with Crippen molar-refractivity contribution in [3.8, 4) is 0 Å². The van der Waals surface area contributed by atoms with Crippen molar-refractivity contribution in [2.75, 3.05) is 0 Å². The second-order valence-electron chi connectivity index (χ2n) is 5.20. The van der Waals surface area contributed by atoms with Gasteiger partial charge in [0.15, 0.2) is 5.69 Å². The Balaban J connectivity index is 2.42. The average Bonchev–Trinajstić information content (AvgIpc) is 2.69. The summed E-state index contributed by atoms with van der Waals surface area (Å²) in [5, 5.41) is 13.6. The maximum absolute atomic E-state index is 11.7. The van der Waals surface area contributed by atoms with E-state index in [-0.39, 0.29) is 11.0 Å². The van der Waals surface area contributed by atoms with E-state index in [1.807, 2.05) is 45.0 Å². The zero-order valence-electron chi connectivity index (χ0n) is 11.0. The zero-order valence-corrected chi connectivity index (χ0v) is 12.6. The number of aromatic nitrogens is 2. The number of benzene rings is 1. The number of nitrogens with one attached hydrogen (secondary N) is 2. The van der Waals surface area contributed by atoms with Crippen molar-refractivity contribution in [2.24, 2.45) is 10.2 Å². The van der Waals surface area contributed by atoms with Gasteiger partial charge < -0.3 is 0 Å². The normalized spacial score (nSPS) is 12.2. The highest BCUT2D eigenvalue weighted by molar-refractivity contribution is 9.10. The maximum atomic E-state index is 11.7. The lowest BCUT2D eigenvalue weighted by Gasteiger charge is -2.15. The molecule has 1 heterocycles. The van der Waals surface area contributed by atoms with Gasteiger partial charge in [-0.3, -0.25) is 15.0 Å². The van der Waals surface area contributed by atoms with Gasteiger partial charge in [-0.15, -0.1) is 10.2 Å². The molecule has 0 unspecified atom stereocenters. The maximum Gasteiger partial charge on any atom is 0.292 e. The molecular formula is C13H15BrN4O. The van der Waals surface area contributed by atoms with E-state index in [4.69, 9.17) is 0 Å². The molecule has 5 nitrogen and oxygen atoms in total. The minimum Gasteiger partial charge on any atom is -0.299 e.